The molecule has 0 saturated carbocycles. The van der Waals surface area contributed by atoms with Gasteiger partial charge in [0, 0.05) is 33.4 Å². The van der Waals surface area contributed by atoms with E-state index in [2.05, 4.69) is 91.0 Å². The van der Waals surface area contributed by atoms with Crippen LogP contribution in [-0.2, 0) is 0 Å². The van der Waals surface area contributed by atoms with Crippen molar-refractivity contribution in [3.05, 3.63) is 133 Å². The van der Waals surface area contributed by atoms with Gasteiger partial charge in [-0.3, -0.25) is 0 Å². The number of pyridine rings is 1. The summed E-state index contributed by atoms with van der Waals surface area (Å²) in [5, 5.41) is 3.52. The fraction of sp³-hybridized carbons (Fsp3) is 0.0588. The third-order valence-corrected chi connectivity index (χ3v) is 7.02. The molecule has 0 bridgehead atoms. The minimum Gasteiger partial charge on any atom is -0.247 e. The van der Waals surface area contributed by atoms with E-state index in [0.717, 1.165) is 45.5 Å². The smallest absolute Gasteiger partial charge is 0.163 e. The van der Waals surface area contributed by atoms with Gasteiger partial charge in [-0.05, 0) is 17.9 Å². The number of rotatable bonds is 4. The molecule has 4 nitrogen and oxygen atoms in total. The van der Waals surface area contributed by atoms with Gasteiger partial charge in [-0.25, -0.2) is 19.9 Å². The topological polar surface area (TPSA) is 51.6 Å². The summed E-state index contributed by atoms with van der Waals surface area (Å²) in [6, 6.07) is 35.3. The zero-order chi connectivity index (χ0) is 25.3. The summed E-state index contributed by atoms with van der Waals surface area (Å²) in [5.41, 5.74) is 4.97. The maximum absolute atomic E-state index is 5.05. The molecule has 0 N–H and O–H groups in total. The minimum atomic E-state index is 0.136. The normalized spacial score (nSPS) is 14.8. The molecule has 0 amide bonds. The van der Waals surface area contributed by atoms with E-state index in [9.17, 15) is 0 Å². The van der Waals surface area contributed by atoms with Crippen LogP contribution in [0.15, 0.2) is 127 Å². The van der Waals surface area contributed by atoms with Crippen LogP contribution in [0.2, 0.25) is 0 Å². The summed E-state index contributed by atoms with van der Waals surface area (Å²) in [5.74, 6) is 2.30. The molecule has 2 aromatic heterocycles. The molecule has 180 valence electrons. The zero-order valence-corrected chi connectivity index (χ0v) is 20.7. The van der Waals surface area contributed by atoms with Gasteiger partial charge < -0.3 is 0 Å². The van der Waals surface area contributed by atoms with Gasteiger partial charge in [-0.15, -0.1) is 0 Å². The zero-order valence-electron chi connectivity index (χ0n) is 20.7. The molecular formula is C34H24N4. The Morgan fingerprint density at radius 3 is 1.87 bits per heavy atom. The lowest BCUT2D eigenvalue weighted by Crippen LogP contribution is -2.07. The van der Waals surface area contributed by atoms with E-state index < -0.39 is 0 Å². The van der Waals surface area contributed by atoms with Crippen molar-refractivity contribution in [3.63, 3.8) is 0 Å². The maximum Gasteiger partial charge on any atom is 0.163 e. The molecular weight excluding hydrogens is 464 g/mol. The van der Waals surface area contributed by atoms with Crippen LogP contribution < -0.4 is 0 Å². The van der Waals surface area contributed by atoms with E-state index >= 15 is 0 Å². The molecule has 0 aliphatic heterocycles. The van der Waals surface area contributed by atoms with Gasteiger partial charge in [0.2, 0.25) is 0 Å². The number of hydrogen-bond donors (Lipinski definition) is 0. The highest BCUT2D eigenvalue weighted by molar-refractivity contribution is 6.10. The predicted molar refractivity (Wildman–Crippen MR) is 155 cm³/mol. The minimum absolute atomic E-state index is 0.136. The molecule has 1 atom stereocenters. The van der Waals surface area contributed by atoms with Gasteiger partial charge in [-0.1, -0.05) is 121 Å². The lowest BCUT2D eigenvalue weighted by Gasteiger charge is -2.14. The average molecular weight is 489 g/mol. The molecule has 1 aliphatic rings. The van der Waals surface area contributed by atoms with Gasteiger partial charge in [0.05, 0.1) is 11.2 Å². The summed E-state index contributed by atoms with van der Waals surface area (Å²) < 4.78 is 0. The van der Waals surface area contributed by atoms with Crippen LogP contribution in [0.25, 0.3) is 55.7 Å². The Balaban J connectivity index is 1.33. The lowest BCUT2D eigenvalue weighted by atomic mass is 9.99. The van der Waals surface area contributed by atoms with Crippen molar-refractivity contribution in [1.82, 2.24) is 19.9 Å². The molecule has 4 aromatic carbocycles. The maximum atomic E-state index is 5.05. The van der Waals surface area contributed by atoms with Gasteiger partial charge in [0.25, 0.3) is 0 Å². The van der Waals surface area contributed by atoms with Crippen LogP contribution in [0, 0.1) is 0 Å². The van der Waals surface area contributed by atoms with E-state index in [1.807, 2.05) is 36.4 Å². The second-order valence-electron chi connectivity index (χ2n) is 9.46. The van der Waals surface area contributed by atoms with E-state index in [0.29, 0.717) is 11.6 Å². The highest BCUT2D eigenvalue weighted by atomic mass is 15.0. The summed E-state index contributed by atoms with van der Waals surface area (Å²) >= 11 is 0. The first-order chi connectivity index (χ1) is 18.8. The van der Waals surface area contributed by atoms with Crippen LogP contribution in [-0.4, -0.2) is 19.9 Å². The number of allylic oxidation sites excluding steroid dienone is 4. The van der Waals surface area contributed by atoms with Gasteiger partial charge in [0.1, 0.15) is 5.82 Å². The molecule has 0 radical (unpaired) electrons. The quantitative estimate of drug-likeness (QED) is 0.235. The lowest BCUT2D eigenvalue weighted by molar-refractivity contribution is 0.764. The number of aromatic nitrogens is 4. The molecule has 1 unspecified atom stereocenters. The van der Waals surface area contributed by atoms with Crippen molar-refractivity contribution in [3.8, 4) is 34.0 Å². The fourth-order valence-electron chi connectivity index (χ4n) is 5.08. The van der Waals surface area contributed by atoms with Gasteiger partial charge in [0.15, 0.2) is 11.6 Å². The highest BCUT2D eigenvalue weighted by Gasteiger charge is 2.17. The molecule has 0 fully saturated rings. The number of benzene rings is 4. The Hall–Kier alpha value is -4.96. The van der Waals surface area contributed by atoms with Crippen molar-refractivity contribution < 1.29 is 0 Å². The highest BCUT2D eigenvalue weighted by Crippen LogP contribution is 2.33. The Kier molecular flexibility index (Phi) is 5.56. The number of nitrogens with zero attached hydrogens (tertiary/aromatic N) is 4. The second kappa shape index (κ2) is 9.49. The number of fused-ring (bicyclic) bond motifs is 3. The van der Waals surface area contributed by atoms with E-state index in [-0.39, 0.29) is 5.92 Å². The standard InChI is InChI=1S/C34H24N4/c1-3-11-24(12-4-1)32-36-33(25-13-5-2-6-14-25)38-34(37-32)26-21-19-23(20-22-26)31-29-17-8-7-15-27(29)28-16-9-10-18-30(28)35-31/h1-13,15-22,25H,14H2. The van der Waals surface area contributed by atoms with Crippen molar-refractivity contribution in [2.24, 2.45) is 0 Å². The van der Waals surface area contributed by atoms with E-state index in [1.54, 1.807) is 0 Å². The third kappa shape index (κ3) is 4.06. The van der Waals surface area contributed by atoms with Crippen molar-refractivity contribution >= 4 is 21.7 Å². The molecule has 2 heterocycles. The van der Waals surface area contributed by atoms with Crippen LogP contribution in [0.3, 0.4) is 0 Å². The Morgan fingerprint density at radius 2 is 1.13 bits per heavy atom. The molecule has 4 heteroatoms. The summed E-state index contributed by atoms with van der Waals surface area (Å²) in [6.07, 6.45) is 9.34. The Labute approximate surface area is 221 Å². The average Bonchev–Trinajstić information content (AvgIpc) is 3.01. The van der Waals surface area contributed by atoms with E-state index in [4.69, 9.17) is 19.9 Å². The van der Waals surface area contributed by atoms with Gasteiger partial charge in [-0.2, -0.15) is 0 Å². The first-order valence-electron chi connectivity index (χ1n) is 12.9. The summed E-state index contributed by atoms with van der Waals surface area (Å²) in [7, 11) is 0. The SMILES string of the molecule is C1=CCC(c2nc(-c3ccccc3)nc(-c3ccc(-c4nc5ccccc5c5ccccc45)cc3)n2)C=C1. The van der Waals surface area contributed by atoms with E-state index in [1.165, 1.54) is 10.8 Å². The third-order valence-electron chi connectivity index (χ3n) is 7.02. The second-order valence-corrected chi connectivity index (χ2v) is 9.46. The molecule has 6 aromatic rings. The van der Waals surface area contributed by atoms with Gasteiger partial charge >= 0.3 is 0 Å². The first kappa shape index (κ1) is 22.3. The molecule has 1 aliphatic carbocycles. The summed E-state index contributed by atoms with van der Waals surface area (Å²) in [4.78, 5) is 19.7. The van der Waals surface area contributed by atoms with Crippen LogP contribution >= 0.6 is 0 Å². The van der Waals surface area contributed by atoms with Crippen molar-refractivity contribution in [2.75, 3.05) is 0 Å². The summed E-state index contributed by atoms with van der Waals surface area (Å²) in [6.45, 7) is 0. The fourth-order valence-corrected chi connectivity index (χ4v) is 5.08. The molecule has 0 saturated heterocycles. The first-order valence-corrected chi connectivity index (χ1v) is 12.9. The van der Waals surface area contributed by atoms with Crippen molar-refractivity contribution in [2.45, 2.75) is 12.3 Å². The van der Waals surface area contributed by atoms with Crippen LogP contribution in [0.4, 0.5) is 0 Å². The molecule has 0 spiro atoms. The molecule has 7 rings (SSSR count). The predicted octanol–water partition coefficient (Wildman–Crippen LogP) is 8.17. The van der Waals surface area contributed by atoms with Crippen LogP contribution in [0.1, 0.15) is 18.2 Å². The Morgan fingerprint density at radius 1 is 0.500 bits per heavy atom. The largest absolute Gasteiger partial charge is 0.247 e. The Bertz CT molecular complexity index is 1840. The monoisotopic (exact) mass is 488 g/mol. The number of para-hydroxylation sites is 1. The van der Waals surface area contributed by atoms with Crippen molar-refractivity contribution in [1.29, 1.82) is 0 Å². The molecule has 38 heavy (non-hydrogen) atoms. The van der Waals surface area contributed by atoms with Crippen LogP contribution in [0.5, 0.6) is 0 Å². The number of hydrogen-bond acceptors (Lipinski definition) is 4.